The van der Waals surface area contributed by atoms with E-state index in [2.05, 4.69) is 15.9 Å². The summed E-state index contributed by atoms with van der Waals surface area (Å²) in [4.78, 5) is 29.4. The van der Waals surface area contributed by atoms with Crippen LogP contribution in [0.4, 0.5) is 11.4 Å². The number of likely N-dealkylation sites (N-methyl/N-ethyl adjacent to an activating group) is 1. The minimum atomic E-state index is -0.331. The van der Waals surface area contributed by atoms with Crippen LogP contribution in [0.2, 0.25) is 0 Å². The highest BCUT2D eigenvalue weighted by Crippen LogP contribution is 2.37. The summed E-state index contributed by atoms with van der Waals surface area (Å²) in [5, 5.41) is 10.7. The average Bonchev–Trinajstić information content (AvgIpc) is 2.67. The maximum Gasteiger partial charge on any atom is 0.265 e. The third kappa shape index (κ3) is 2.81. The molecule has 3 aromatic rings. The molecule has 0 saturated heterocycles. The quantitative estimate of drug-likeness (QED) is 0.646. The molecule has 0 atom stereocenters. The maximum absolute atomic E-state index is 13.1. The van der Waals surface area contributed by atoms with Gasteiger partial charge in [0.2, 0.25) is 0 Å². The number of benzene rings is 3. The second-order valence-corrected chi connectivity index (χ2v) is 7.34. The van der Waals surface area contributed by atoms with E-state index in [4.69, 9.17) is 0 Å². The molecule has 5 nitrogen and oxygen atoms in total. The number of carbonyl (C=O) groups excluding carboxylic acids is 2. The summed E-state index contributed by atoms with van der Waals surface area (Å²) in [5.74, 6) is -0.662. The minimum absolute atomic E-state index is 0.0225. The lowest BCUT2D eigenvalue weighted by molar-refractivity contribution is 0.0893. The van der Waals surface area contributed by atoms with Gasteiger partial charge in [0.05, 0.1) is 12.3 Å². The van der Waals surface area contributed by atoms with Crippen molar-refractivity contribution in [3.8, 4) is 0 Å². The van der Waals surface area contributed by atoms with E-state index in [9.17, 15) is 14.7 Å². The Morgan fingerprint density at radius 2 is 1.63 bits per heavy atom. The van der Waals surface area contributed by atoms with Gasteiger partial charge >= 0.3 is 0 Å². The highest BCUT2D eigenvalue weighted by molar-refractivity contribution is 9.10. The number of carbonyl (C=O) groups is 2. The average molecular weight is 425 g/mol. The standard InChI is InChI=1S/C21H17BrN2O3/c1-23(11-12-25)18-10-9-17-19-15(18)3-2-4-16(19)20(26)24(21(17)27)14-7-5-13(22)6-8-14/h2-10,25H,11-12H2,1H3. The first-order valence-electron chi connectivity index (χ1n) is 8.55. The van der Waals surface area contributed by atoms with Crippen LogP contribution in [-0.4, -0.2) is 37.1 Å². The Hall–Kier alpha value is -2.70. The zero-order valence-electron chi connectivity index (χ0n) is 14.6. The number of halogens is 1. The van der Waals surface area contributed by atoms with Crippen molar-refractivity contribution in [1.29, 1.82) is 0 Å². The molecule has 4 rings (SSSR count). The number of amides is 2. The number of hydrogen-bond acceptors (Lipinski definition) is 4. The maximum atomic E-state index is 13.1. The molecule has 2 amide bonds. The van der Waals surface area contributed by atoms with Crippen molar-refractivity contribution in [3.63, 3.8) is 0 Å². The smallest absolute Gasteiger partial charge is 0.265 e. The highest BCUT2D eigenvalue weighted by Gasteiger charge is 2.34. The van der Waals surface area contributed by atoms with Gasteiger partial charge in [-0.2, -0.15) is 0 Å². The van der Waals surface area contributed by atoms with Gasteiger partial charge in [0.15, 0.2) is 0 Å². The molecule has 136 valence electrons. The van der Waals surface area contributed by atoms with Crippen molar-refractivity contribution in [3.05, 3.63) is 70.2 Å². The number of rotatable bonds is 4. The van der Waals surface area contributed by atoms with Crippen molar-refractivity contribution in [2.75, 3.05) is 30.0 Å². The summed E-state index contributed by atoms with van der Waals surface area (Å²) in [6.45, 7) is 0.486. The van der Waals surface area contributed by atoms with Crippen LogP contribution in [-0.2, 0) is 0 Å². The molecule has 1 aliphatic heterocycles. The largest absolute Gasteiger partial charge is 0.395 e. The molecule has 1 heterocycles. The van der Waals surface area contributed by atoms with Crippen molar-refractivity contribution in [1.82, 2.24) is 0 Å². The monoisotopic (exact) mass is 424 g/mol. The lowest BCUT2D eigenvalue weighted by atomic mass is 9.92. The molecule has 1 N–H and O–H groups in total. The lowest BCUT2D eigenvalue weighted by Gasteiger charge is -2.29. The minimum Gasteiger partial charge on any atom is -0.395 e. The van der Waals surface area contributed by atoms with Gasteiger partial charge in [-0.25, -0.2) is 4.90 Å². The fourth-order valence-corrected chi connectivity index (χ4v) is 3.77. The summed E-state index contributed by atoms with van der Waals surface area (Å²) in [6.07, 6.45) is 0. The number of nitrogens with zero attached hydrogens (tertiary/aromatic N) is 2. The molecule has 0 aliphatic carbocycles. The zero-order valence-corrected chi connectivity index (χ0v) is 16.2. The molecular weight excluding hydrogens is 408 g/mol. The van der Waals surface area contributed by atoms with Crippen molar-refractivity contribution in [2.45, 2.75) is 0 Å². The summed E-state index contributed by atoms with van der Waals surface area (Å²) in [6, 6.07) is 16.2. The number of aliphatic hydroxyl groups excluding tert-OH is 1. The van der Waals surface area contributed by atoms with E-state index in [1.54, 1.807) is 36.4 Å². The van der Waals surface area contributed by atoms with Gasteiger partial charge in [-0.05, 0) is 42.5 Å². The molecule has 0 radical (unpaired) electrons. The fraction of sp³-hybridized carbons (Fsp3) is 0.143. The molecule has 27 heavy (non-hydrogen) atoms. The van der Waals surface area contributed by atoms with Crippen LogP contribution < -0.4 is 9.80 Å². The Kier molecular flexibility index (Phi) is 4.45. The first-order chi connectivity index (χ1) is 13.0. The van der Waals surface area contributed by atoms with E-state index in [0.29, 0.717) is 28.7 Å². The van der Waals surface area contributed by atoms with Crippen molar-refractivity contribution in [2.24, 2.45) is 0 Å². The van der Waals surface area contributed by atoms with Crippen LogP contribution in [0.15, 0.2) is 59.1 Å². The second kappa shape index (κ2) is 6.79. The van der Waals surface area contributed by atoms with E-state index in [1.807, 2.05) is 30.1 Å². The summed E-state index contributed by atoms with van der Waals surface area (Å²) in [7, 11) is 1.88. The molecule has 0 unspecified atom stereocenters. The molecule has 6 heteroatoms. The Labute approximate surface area is 164 Å². The zero-order chi connectivity index (χ0) is 19.1. The number of imide groups is 1. The summed E-state index contributed by atoms with van der Waals surface area (Å²) < 4.78 is 0.877. The van der Waals surface area contributed by atoms with E-state index in [1.165, 1.54) is 4.90 Å². The van der Waals surface area contributed by atoms with E-state index >= 15 is 0 Å². The third-order valence-electron chi connectivity index (χ3n) is 4.82. The molecule has 0 fully saturated rings. The number of aliphatic hydroxyl groups is 1. The van der Waals surface area contributed by atoms with E-state index < -0.39 is 0 Å². The molecule has 0 bridgehead atoms. The van der Waals surface area contributed by atoms with Crippen molar-refractivity contribution < 1.29 is 14.7 Å². The highest BCUT2D eigenvalue weighted by atomic mass is 79.9. The Balaban J connectivity index is 1.91. The van der Waals surface area contributed by atoms with Crippen LogP contribution in [0.5, 0.6) is 0 Å². The van der Waals surface area contributed by atoms with Gasteiger partial charge < -0.3 is 10.0 Å². The lowest BCUT2D eigenvalue weighted by Crippen LogP contribution is -2.40. The van der Waals surface area contributed by atoms with Gasteiger partial charge in [-0.3, -0.25) is 9.59 Å². The second-order valence-electron chi connectivity index (χ2n) is 6.43. The van der Waals surface area contributed by atoms with E-state index in [0.717, 1.165) is 15.5 Å². The summed E-state index contributed by atoms with van der Waals surface area (Å²) >= 11 is 3.37. The van der Waals surface area contributed by atoms with Gasteiger partial charge in [-0.1, -0.05) is 28.1 Å². The predicted octanol–water partition coefficient (Wildman–Crippen LogP) is 3.83. The predicted molar refractivity (Wildman–Crippen MR) is 110 cm³/mol. The Morgan fingerprint density at radius 1 is 0.963 bits per heavy atom. The van der Waals surface area contributed by atoms with Crippen LogP contribution in [0.3, 0.4) is 0 Å². The van der Waals surface area contributed by atoms with Crippen LogP contribution >= 0.6 is 15.9 Å². The first-order valence-corrected chi connectivity index (χ1v) is 9.34. The third-order valence-corrected chi connectivity index (χ3v) is 5.34. The van der Waals surface area contributed by atoms with Crippen LogP contribution in [0, 0.1) is 0 Å². The SMILES string of the molecule is CN(CCO)c1ccc2c3c(cccc13)C(=O)N(c1ccc(Br)cc1)C2=O. The number of anilines is 2. The molecule has 3 aromatic carbocycles. The Morgan fingerprint density at radius 3 is 2.30 bits per heavy atom. The molecule has 0 spiro atoms. The molecule has 0 saturated carbocycles. The van der Waals surface area contributed by atoms with Gasteiger partial charge in [0.25, 0.3) is 11.8 Å². The van der Waals surface area contributed by atoms with Gasteiger partial charge in [0.1, 0.15) is 0 Å². The van der Waals surface area contributed by atoms with Gasteiger partial charge in [-0.15, -0.1) is 0 Å². The molecular formula is C21H17BrN2O3. The molecule has 1 aliphatic rings. The Bertz CT molecular complexity index is 1040. The van der Waals surface area contributed by atoms with Crippen molar-refractivity contribution >= 4 is 49.9 Å². The summed E-state index contributed by atoms with van der Waals surface area (Å²) in [5.41, 5.74) is 2.42. The first kappa shape index (κ1) is 17.7. The van der Waals surface area contributed by atoms with E-state index in [-0.39, 0.29) is 18.4 Å². The fourth-order valence-electron chi connectivity index (χ4n) is 3.51. The van der Waals surface area contributed by atoms with Crippen LogP contribution in [0.1, 0.15) is 20.7 Å². The topological polar surface area (TPSA) is 60.9 Å². The van der Waals surface area contributed by atoms with Crippen LogP contribution in [0.25, 0.3) is 10.8 Å². The number of hydrogen-bond donors (Lipinski definition) is 1. The normalized spacial score (nSPS) is 13.4. The molecule has 0 aromatic heterocycles. The van der Waals surface area contributed by atoms with Gasteiger partial charge in [0, 0.05) is 45.7 Å².